The average Bonchev–Trinajstić information content (AvgIpc) is 2.96. The molecule has 0 saturated heterocycles. The summed E-state index contributed by atoms with van der Waals surface area (Å²) in [4.78, 5) is 14.3. The van der Waals surface area contributed by atoms with Crippen molar-refractivity contribution in [2.45, 2.75) is 18.4 Å². The van der Waals surface area contributed by atoms with E-state index in [1.165, 1.54) is 11.8 Å². The normalized spacial score (nSPS) is 10.5. The van der Waals surface area contributed by atoms with Gasteiger partial charge >= 0.3 is 5.97 Å². The van der Waals surface area contributed by atoms with Crippen LogP contribution in [0.25, 0.3) is 0 Å². The highest BCUT2D eigenvalue weighted by molar-refractivity contribution is 7.98. The summed E-state index contributed by atoms with van der Waals surface area (Å²) >= 11 is 1.44. The Kier molecular flexibility index (Phi) is 4.74. The number of nitrogens with zero attached hydrogens (tertiary/aromatic N) is 1. The minimum absolute atomic E-state index is 0.355. The van der Waals surface area contributed by atoms with Gasteiger partial charge in [-0.3, -0.25) is 0 Å². The summed E-state index contributed by atoms with van der Waals surface area (Å²) in [6.45, 7) is 3.26. The lowest BCUT2D eigenvalue weighted by atomic mass is 10.1. The van der Waals surface area contributed by atoms with Crippen LogP contribution in [0.3, 0.4) is 0 Å². The Morgan fingerprint density at radius 3 is 2.70 bits per heavy atom. The molecule has 1 aromatic heterocycles. The Hall–Kier alpha value is -1.88. The summed E-state index contributed by atoms with van der Waals surface area (Å²) in [7, 11) is 0. The van der Waals surface area contributed by atoms with E-state index in [0.29, 0.717) is 18.7 Å². The van der Waals surface area contributed by atoms with Crippen LogP contribution < -0.4 is 4.90 Å². The Labute approximate surface area is 122 Å². The second-order valence-corrected chi connectivity index (χ2v) is 5.10. The molecule has 0 spiro atoms. The molecular formula is C15H17NO3S. The molecule has 1 N–H and O–H groups in total. The van der Waals surface area contributed by atoms with Crippen molar-refractivity contribution in [3.05, 3.63) is 47.9 Å². The number of hydrogen-bond donors (Lipinski definition) is 1. The molecule has 2 rings (SSSR count). The monoisotopic (exact) mass is 291 g/mol. The van der Waals surface area contributed by atoms with Crippen LogP contribution in [0.2, 0.25) is 0 Å². The summed E-state index contributed by atoms with van der Waals surface area (Å²) in [6, 6.07) is 9.29. The largest absolute Gasteiger partial charge is 0.478 e. The second kappa shape index (κ2) is 6.52. The van der Waals surface area contributed by atoms with Crippen LogP contribution in [0.4, 0.5) is 5.69 Å². The van der Waals surface area contributed by atoms with E-state index in [-0.39, 0.29) is 0 Å². The Bertz CT molecular complexity index is 581. The average molecular weight is 291 g/mol. The Morgan fingerprint density at radius 1 is 1.35 bits per heavy atom. The van der Waals surface area contributed by atoms with Crippen molar-refractivity contribution in [3.8, 4) is 0 Å². The number of anilines is 1. The van der Waals surface area contributed by atoms with Gasteiger partial charge in [0, 0.05) is 11.4 Å². The molecule has 0 atom stereocenters. The first-order chi connectivity index (χ1) is 9.67. The van der Waals surface area contributed by atoms with Gasteiger partial charge in [0.15, 0.2) is 0 Å². The van der Waals surface area contributed by atoms with Crippen LogP contribution >= 0.6 is 11.8 Å². The lowest BCUT2D eigenvalue weighted by Gasteiger charge is -2.24. The first kappa shape index (κ1) is 14.5. The van der Waals surface area contributed by atoms with Crippen LogP contribution in [-0.4, -0.2) is 23.9 Å². The number of carboxylic acid groups (broad SMARTS) is 1. The summed E-state index contributed by atoms with van der Waals surface area (Å²) in [6.07, 6.45) is 3.51. The van der Waals surface area contributed by atoms with Gasteiger partial charge < -0.3 is 14.4 Å². The van der Waals surface area contributed by atoms with Gasteiger partial charge in [-0.25, -0.2) is 4.79 Å². The molecule has 1 aromatic carbocycles. The summed E-state index contributed by atoms with van der Waals surface area (Å²) in [5, 5.41) is 9.48. The van der Waals surface area contributed by atoms with E-state index in [9.17, 15) is 9.90 Å². The zero-order chi connectivity index (χ0) is 14.5. The van der Waals surface area contributed by atoms with Gasteiger partial charge in [0.05, 0.1) is 24.1 Å². The molecule has 20 heavy (non-hydrogen) atoms. The molecule has 0 bridgehead atoms. The zero-order valence-electron chi connectivity index (χ0n) is 11.5. The first-order valence-corrected chi connectivity index (χ1v) is 7.57. The molecule has 0 unspecified atom stereocenters. The number of benzene rings is 1. The summed E-state index contributed by atoms with van der Waals surface area (Å²) < 4.78 is 5.35. The second-order valence-electron chi connectivity index (χ2n) is 4.25. The van der Waals surface area contributed by atoms with E-state index in [0.717, 1.165) is 16.3 Å². The Balaban J connectivity index is 2.41. The molecule has 0 amide bonds. The van der Waals surface area contributed by atoms with Crippen molar-refractivity contribution in [3.63, 3.8) is 0 Å². The quantitative estimate of drug-likeness (QED) is 0.822. The maximum absolute atomic E-state index is 11.6. The molecule has 106 valence electrons. The maximum Gasteiger partial charge on any atom is 0.338 e. The molecule has 2 aromatic rings. The van der Waals surface area contributed by atoms with Gasteiger partial charge in [-0.05, 0) is 37.4 Å². The molecule has 1 heterocycles. The number of aromatic carboxylic acids is 1. The molecule has 4 nitrogen and oxygen atoms in total. The lowest BCUT2D eigenvalue weighted by Crippen LogP contribution is -2.24. The predicted octanol–water partition coefficient (Wildman–Crippen LogP) is 3.73. The number of carbonyl (C=O) groups is 1. The van der Waals surface area contributed by atoms with Crippen LogP contribution in [0.5, 0.6) is 0 Å². The van der Waals surface area contributed by atoms with Crippen molar-refractivity contribution < 1.29 is 14.3 Å². The fraction of sp³-hybridized carbons (Fsp3) is 0.267. The smallest absolute Gasteiger partial charge is 0.338 e. The third kappa shape index (κ3) is 2.99. The lowest BCUT2D eigenvalue weighted by molar-refractivity contribution is 0.0693. The molecule has 5 heteroatoms. The molecule has 0 saturated carbocycles. The molecule has 0 aliphatic heterocycles. The fourth-order valence-corrected chi connectivity index (χ4v) is 2.74. The van der Waals surface area contributed by atoms with E-state index in [1.807, 2.05) is 48.4 Å². The van der Waals surface area contributed by atoms with Crippen molar-refractivity contribution in [1.82, 2.24) is 0 Å². The number of rotatable bonds is 6. The van der Waals surface area contributed by atoms with Crippen molar-refractivity contribution in [2.75, 3.05) is 17.7 Å². The van der Waals surface area contributed by atoms with Crippen molar-refractivity contribution in [1.29, 1.82) is 0 Å². The highest BCUT2D eigenvalue weighted by Gasteiger charge is 2.19. The van der Waals surface area contributed by atoms with Gasteiger partial charge in [0.1, 0.15) is 5.76 Å². The molecule has 0 aliphatic rings. The van der Waals surface area contributed by atoms with Crippen LogP contribution in [-0.2, 0) is 6.54 Å². The van der Waals surface area contributed by atoms with E-state index < -0.39 is 5.97 Å². The van der Waals surface area contributed by atoms with Gasteiger partial charge in [-0.2, -0.15) is 0 Å². The SMILES string of the molecule is CCN(Cc1ccco1)c1cccc(SC)c1C(=O)O. The number of hydrogen-bond acceptors (Lipinski definition) is 4. The minimum atomic E-state index is -0.900. The van der Waals surface area contributed by atoms with Crippen LogP contribution in [0, 0.1) is 0 Å². The highest BCUT2D eigenvalue weighted by Crippen LogP contribution is 2.30. The van der Waals surface area contributed by atoms with Gasteiger partial charge in [-0.15, -0.1) is 11.8 Å². The van der Waals surface area contributed by atoms with E-state index in [1.54, 1.807) is 6.26 Å². The third-order valence-electron chi connectivity index (χ3n) is 3.09. The van der Waals surface area contributed by atoms with Crippen molar-refractivity contribution in [2.24, 2.45) is 0 Å². The van der Waals surface area contributed by atoms with E-state index >= 15 is 0 Å². The predicted molar refractivity (Wildman–Crippen MR) is 80.6 cm³/mol. The van der Waals surface area contributed by atoms with Crippen molar-refractivity contribution >= 4 is 23.4 Å². The van der Waals surface area contributed by atoms with Crippen LogP contribution in [0.1, 0.15) is 23.0 Å². The summed E-state index contributed by atoms with van der Waals surface area (Å²) in [5.41, 5.74) is 1.08. The highest BCUT2D eigenvalue weighted by atomic mass is 32.2. The topological polar surface area (TPSA) is 53.7 Å². The van der Waals surface area contributed by atoms with E-state index in [4.69, 9.17) is 4.42 Å². The Morgan fingerprint density at radius 2 is 2.15 bits per heavy atom. The summed E-state index contributed by atoms with van der Waals surface area (Å²) in [5.74, 6) is -0.0828. The minimum Gasteiger partial charge on any atom is -0.478 e. The first-order valence-electron chi connectivity index (χ1n) is 6.35. The number of thioether (sulfide) groups is 1. The van der Waals surface area contributed by atoms with Gasteiger partial charge in [0.2, 0.25) is 0 Å². The molecule has 0 aliphatic carbocycles. The van der Waals surface area contributed by atoms with E-state index in [2.05, 4.69) is 0 Å². The van der Waals surface area contributed by atoms with Gasteiger partial charge in [0.25, 0.3) is 0 Å². The molecule has 0 fully saturated rings. The fourth-order valence-electron chi connectivity index (χ4n) is 2.13. The maximum atomic E-state index is 11.6. The molecule has 0 radical (unpaired) electrons. The standard InChI is InChI=1S/C15H17NO3S/c1-3-16(10-11-6-5-9-19-11)12-7-4-8-13(20-2)14(12)15(17)18/h4-9H,3,10H2,1-2H3,(H,17,18). The van der Waals surface area contributed by atoms with Gasteiger partial charge in [-0.1, -0.05) is 6.07 Å². The van der Waals surface area contributed by atoms with Crippen LogP contribution in [0.15, 0.2) is 45.9 Å². The zero-order valence-corrected chi connectivity index (χ0v) is 12.3. The number of carboxylic acids is 1. The third-order valence-corrected chi connectivity index (χ3v) is 3.87. The molecular weight excluding hydrogens is 274 g/mol. The number of furan rings is 1.